The number of carboxylic acids is 1. The first-order valence-electron chi connectivity index (χ1n) is 7.30. The summed E-state index contributed by atoms with van der Waals surface area (Å²) < 4.78 is 0. The highest BCUT2D eigenvalue weighted by atomic mass is 16.4. The van der Waals surface area contributed by atoms with Crippen molar-refractivity contribution in [2.24, 2.45) is 5.92 Å². The van der Waals surface area contributed by atoms with Crippen molar-refractivity contribution in [3.8, 4) is 0 Å². The lowest BCUT2D eigenvalue weighted by Crippen LogP contribution is -2.18. The highest BCUT2D eigenvalue weighted by molar-refractivity contribution is 5.90. The molecule has 0 aliphatic heterocycles. The molecule has 1 fully saturated rings. The molecule has 0 spiro atoms. The standard InChI is InChI=1S/C16H20N2O3/c19-15(11-12-4-2-1-3-5-12)18-14-10-13(8-9-17-14)6-7-16(20)21/h6-10,12H,1-5,11H2,(H,20,21)(H,17,18,19)/b7-6+. The van der Waals surface area contributed by atoms with E-state index >= 15 is 0 Å². The molecule has 5 nitrogen and oxygen atoms in total. The molecule has 21 heavy (non-hydrogen) atoms. The normalized spacial score (nSPS) is 16.0. The summed E-state index contributed by atoms with van der Waals surface area (Å²) in [5, 5.41) is 11.4. The third-order valence-electron chi connectivity index (χ3n) is 3.67. The monoisotopic (exact) mass is 288 g/mol. The minimum Gasteiger partial charge on any atom is -0.478 e. The first-order chi connectivity index (χ1) is 10.1. The van der Waals surface area contributed by atoms with Gasteiger partial charge in [-0.3, -0.25) is 4.79 Å². The van der Waals surface area contributed by atoms with Gasteiger partial charge >= 0.3 is 5.97 Å². The van der Waals surface area contributed by atoms with Crippen molar-refractivity contribution < 1.29 is 14.7 Å². The van der Waals surface area contributed by atoms with Crippen LogP contribution in [0.5, 0.6) is 0 Å². The van der Waals surface area contributed by atoms with Crippen molar-refractivity contribution in [3.63, 3.8) is 0 Å². The van der Waals surface area contributed by atoms with E-state index in [0.29, 0.717) is 23.7 Å². The average Bonchev–Trinajstić information content (AvgIpc) is 2.46. The Hall–Kier alpha value is -2.17. The van der Waals surface area contributed by atoms with Gasteiger partial charge < -0.3 is 10.4 Å². The summed E-state index contributed by atoms with van der Waals surface area (Å²) in [4.78, 5) is 26.6. The van der Waals surface area contributed by atoms with Gasteiger partial charge in [0, 0.05) is 18.7 Å². The van der Waals surface area contributed by atoms with Crippen LogP contribution in [0.3, 0.4) is 0 Å². The molecule has 1 aliphatic rings. The maximum absolute atomic E-state index is 12.0. The fraction of sp³-hybridized carbons (Fsp3) is 0.438. The van der Waals surface area contributed by atoms with Gasteiger partial charge in [-0.2, -0.15) is 0 Å². The molecule has 1 amide bonds. The molecular weight excluding hydrogens is 268 g/mol. The van der Waals surface area contributed by atoms with Crippen LogP contribution in [0.1, 0.15) is 44.1 Å². The number of rotatable bonds is 5. The molecule has 2 N–H and O–H groups in total. The lowest BCUT2D eigenvalue weighted by atomic mass is 9.87. The minimum absolute atomic E-state index is 0.0197. The van der Waals surface area contributed by atoms with Crippen LogP contribution in [-0.2, 0) is 9.59 Å². The lowest BCUT2D eigenvalue weighted by molar-refractivity contribution is -0.131. The number of hydrogen-bond donors (Lipinski definition) is 2. The third kappa shape index (κ3) is 5.38. The molecule has 0 atom stereocenters. The van der Waals surface area contributed by atoms with Crippen LogP contribution in [0.4, 0.5) is 5.82 Å². The second kappa shape index (κ2) is 7.57. The van der Waals surface area contributed by atoms with Crippen LogP contribution < -0.4 is 5.32 Å². The number of nitrogens with one attached hydrogen (secondary N) is 1. The maximum atomic E-state index is 12.0. The van der Waals surface area contributed by atoms with Gasteiger partial charge in [-0.1, -0.05) is 19.3 Å². The zero-order chi connectivity index (χ0) is 15.1. The Bertz CT molecular complexity index is 534. The van der Waals surface area contributed by atoms with Gasteiger partial charge in [0.1, 0.15) is 5.82 Å². The predicted molar refractivity (Wildman–Crippen MR) is 80.7 cm³/mol. The number of carboxylic acid groups (broad SMARTS) is 1. The molecule has 0 saturated heterocycles. The Morgan fingerprint density at radius 2 is 2.10 bits per heavy atom. The van der Waals surface area contributed by atoms with Gasteiger partial charge in [0.05, 0.1) is 0 Å². The molecule has 1 aromatic heterocycles. The fourth-order valence-electron chi connectivity index (χ4n) is 2.63. The van der Waals surface area contributed by atoms with Crippen molar-refractivity contribution >= 4 is 23.8 Å². The molecule has 5 heteroatoms. The first-order valence-corrected chi connectivity index (χ1v) is 7.30. The van der Waals surface area contributed by atoms with Crippen LogP contribution >= 0.6 is 0 Å². The lowest BCUT2D eigenvalue weighted by Gasteiger charge is -2.20. The SMILES string of the molecule is O=C(O)/C=C/c1ccnc(NC(=O)CC2CCCCC2)c1. The number of anilines is 1. The summed E-state index contributed by atoms with van der Waals surface area (Å²) >= 11 is 0. The molecule has 0 radical (unpaired) electrons. The predicted octanol–water partition coefficient (Wildman–Crippen LogP) is 3.09. The number of nitrogens with zero attached hydrogens (tertiary/aromatic N) is 1. The molecular formula is C16H20N2O3. The summed E-state index contributed by atoms with van der Waals surface area (Å²) in [5.74, 6) is -0.0827. The van der Waals surface area contributed by atoms with Crippen LogP contribution in [0.25, 0.3) is 6.08 Å². The van der Waals surface area contributed by atoms with Gasteiger partial charge in [-0.25, -0.2) is 9.78 Å². The van der Waals surface area contributed by atoms with Crippen molar-refractivity contribution in [2.45, 2.75) is 38.5 Å². The van der Waals surface area contributed by atoms with Gasteiger partial charge in [0.2, 0.25) is 5.91 Å². The molecule has 1 aliphatic carbocycles. The van der Waals surface area contributed by atoms with E-state index in [2.05, 4.69) is 10.3 Å². The van der Waals surface area contributed by atoms with Crippen LogP contribution in [0.2, 0.25) is 0 Å². The van der Waals surface area contributed by atoms with Gasteiger partial charge in [0.15, 0.2) is 0 Å². The van der Waals surface area contributed by atoms with Crippen LogP contribution in [0, 0.1) is 5.92 Å². The molecule has 0 bridgehead atoms. The second-order valence-corrected chi connectivity index (χ2v) is 5.40. The molecule has 1 saturated carbocycles. The quantitative estimate of drug-likeness (QED) is 0.816. The highest BCUT2D eigenvalue weighted by Crippen LogP contribution is 2.26. The zero-order valence-corrected chi connectivity index (χ0v) is 11.9. The molecule has 2 rings (SSSR count). The van der Waals surface area contributed by atoms with E-state index in [0.717, 1.165) is 18.9 Å². The van der Waals surface area contributed by atoms with E-state index in [9.17, 15) is 9.59 Å². The van der Waals surface area contributed by atoms with Gasteiger partial charge in [-0.15, -0.1) is 0 Å². The Morgan fingerprint density at radius 3 is 2.81 bits per heavy atom. The van der Waals surface area contributed by atoms with E-state index in [1.54, 1.807) is 18.3 Å². The van der Waals surface area contributed by atoms with Crippen molar-refractivity contribution in [2.75, 3.05) is 5.32 Å². The zero-order valence-electron chi connectivity index (χ0n) is 11.9. The number of aliphatic carboxylic acids is 1. The van der Waals surface area contributed by atoms with Gasteiger partial charge in [0.25, 0.3) is 0 Å². The Labute approximate surface area is 124 Å². The maximum Gasteiger partial charge on any atom is 0.328 e. The summed E-state index contributed by atoms with van der Waals surface area (Å²) in [6.45, 7) is 0. The third-order valence-corrected chi connectivity index (χ3v) is 3.67. The number of hydrogen-bond acceptors (Lipinski definition) is 3. The fourth-order valence-corrected chi connectivity index (χ4v) is 2.63. The summed E-state index contributed by atoms with van der Waals surface area (Å²) in [5.41, 5.74) is 0.695. The Balaban J connectivity index is 1.90. The molecule has 1 heterocycles. The molecule has 1 aromatic rings. The molecule has 0 unspecified atom stereocenters. The minimum atomic E-state index is -1.00. The van der Waals surface area contributed by atoms with E-state index in [1.807, 2.05) is 0 Å². The Morgan fingerprint density at radius 1 is 1.33 bits per heavy atom. The number of aromatic nitrogens is 1. The van der Waals surface area contributed by atoms with Crippen LogP contribution in [0.15, 0.2) is 24.4 Å². The number of carbonyl (C=O) groups excluding carboxylic acids is 1. The molecule has 0 aromatic carbocycles. The van der Waals surface area contributed by atoms with E-state index < -0.39 is 5.97 Å². The number of pyridine rings is 1. The van der Waals surface area contributed by atoms with E-state index in [1.165, 1.54) is 25.3 Å². The summed E-state index contributed by atoms with van der Waals surface area (Å²) in [6.07, 6.45) is 10.6. The number of carbonyl (C=O) groups is 2. The van der Waals surface area contributed by atoms with Crippen molar-refractivity contribution in [3.05, 3.63) is 30.0 Å². The van der Waals surface area contributed by atoms with Gasteiger partial charge in [-0.05, 0) is 42.5 Å². The highest BCUT2D eigenvalue weighted by Gasteiger charge is 2.17. The smallest absolute Gasteiger partial charge is 0.328 e. The number of amides is 1. The topological polar surface area (TPSA) is 79.3 Å². The van der Waals surface area contributed by atoms with E-state index in [4.69, 9.17) is 5.11 Å². The van der Waals surface area contributed by atoms with Crippen molar-refractivity contribution in [1.29, 1.82) is 0 Å². The average molecular weight is 288 g/mol. The molecule has 112 valence electrons. The van der Waals surface area contributed by atoms with Crippen molar-refractivity contribution in [1.82, 2.24) is 4.98 Å². The van der Waals surface area contributed by atoms with Crippen LogP contribution in [-0.4, -0.2) is 22.0 Å². The van der Waals surface area contributed by atoms with E-state index in [-0.39, 0.29) is 5.91 Å². The second-order valence-electron chi connectivity index (χ2n) is 5.40. The Kier molecular flexibility index (Phi) is 5.49. The summed E-state index contributed by atoms with van der Waals surface area (Å²) in [7, 11) is 0. The summed E-state index contributed by atoms with van der Waals surface area (Å²) in [6, 6.07) is 3.36. The largest absolute Gasteiger partial charge is 0.478 e. The first kappa shape index (κ1) is 15.2.